The highest BCUT2D eigenvalue weighted by Crippen LogP contribution is 2.21. The topological polar surface area (TPSA) is 33.5 Å². The van der Waals surface area contributed by atoms with Crippen LogP contribution in [0.25, 0.3) is 16.7 Å². The van der Waals surface area contributed by atoms with Gasteiger partial charge < -0.3 is 14.5 Å². The van der Waals surface area contributed by atoms with Crippen LogP contribution in [0.2, 0.25) is 0 Å². The summed E-state index contributed by atoms with van der Waals surface area (Å²) in [6.45, 7) is 6.53. The molecule has 0 radical (unpaired) electrons. The molecule has 136 valence electrons. The number of likely N-dealkylation sites (N-methyl/N-ethyl adjacent to an activating group) is 1. The van der Waals surface area contributed by atoms with Crippen molar-refractivity contribution in [3.8, 4) is 11.4 Å². The Bertz CT molecular complexity index is 852. The van der Waals surface area contributed by atoms with E-state index in [1.54, 1.807) is 0 Å². The molecule has 0 atom stereocenters. The second-order valence-corrected chi connectivity index (χ2v) is 6.95. The van der Waals surface area contributed by atoms with Crippen LogP contribution in [0.4, 0.5) is 0 Å². The Hall–Kier alpha value is -2.37. The van der Waals surface area contributed by atoms with E-state index in [1.165, 1.54) is 26.2 Å². The van der Waals surface area contributed by atoms with Crippen LogP contribution in [-0.2, 0) is 0 Å². The standard InChI is InChI=1S/C21H26N4O/c1-23-11-13-24(14-12-23)10-5-15-26-19-7-4-6-18(16-19)25-17-22-20-8-2-3-9-21(20)25/h2-4,6-9,16-17H,5,10-15H2,1H3. The fourth-order valence-corrected chi connectivity index (χ4v) is 3.44. The molecule has 4 rings (SSSR count). The van der Waals surface area contributed by atoms with Crippen molar-refractivity contribution >= 4 is 11.0 Å². The Labute approximate surface area is 154 Å². The molecule has 2 aromatic carbocycles. The number of fused-ring (bicyclic) bond motifs is 1. The third-order valence-electron chi connectivity index (χ3n) is 5.03. The largest absolute Gasteiger partial charge is 0.493 e. The lowest BCUT2D eigenvalue weighted by molar-refractivity contribution is 0.145. The minimum Gasteiger partial charge on any atom is -0.493 e. The number of benzene rings is 2. The van der Waals surface area contributed by atoms with Crippen molar-refractivity contribution in [3.05, 3.63) is 54.9 Å². The monoisotopic (exact) mass is 350 g/mol. The van der Waals surface area contributed by atoms with Crippen molar-refractivity contribution < 1.29 is 4.74 Å². The maximum Gasteiger partial charge on any atom is 0.121 e. The van der Waals surface area contributed by atoms with Crippen molar-refractivity contribution in [2.24, 2.45) is 0 Å². The zero-order valence-electron chi connectivity index (χ0n) is 15.3. The number of aromatic nitrogens is 2. The van der Waals surface area contributed by atoms with E-state index in [0.29, 0.717) is 0 Å². The number of hydrogen-bond donors (Lipinski definition) is 0. The van der Waals surface area contributed by atoms with E-state index in [2.05, 4.69) is 44.6 Å². The Balaban J connectivity index is 1.34. The van der Waals surface area contributed by atoms with Gasteiger partial charge in [-0.25, -0.2) is 4.98 Å². The summed E-state index contributed by atoms with van der Waals surface area (Å²) < 4.78 is 8.10. The highest BCUT2D eigenvalue weighted by Gasteiger charge is 2.12. The average molecular weight is 350 g/mol. The van der Waals surface area contributed by atoms with Gasteiger partial charge >= 0.3 is 0 Å². The van der Waals surface area contributed by atoms with Gasteiger partial charge in [-0.05, 0) is 37.7 Å². The molecule has 0 N–H and O–H groups in total. The van der Waals surface area contributed by atoms with Gasteiger partial charge in [0, 0.05) is 38.8 Å². The molecule has 1 aliphatic heterocycles. The molecule has 0 bridgehead atoms. The number of rotatable bonds is 6. The molecule has 0 spiro atoms. The number of hydrogen-bond acceptors (Lipinski definition) is 4. The molecular formula is C21H26N4O. The first kappa shape index (κ1) is 17.1. The van der Waals surface area contributed by atoms with Gasteiger partial charge in [-0.3, -0.25) is 4.57 Å². The van der Waals surface area contributed by atoms with E-state index in [9.17, 15) is 0 Å². The number of imidazole rings is 1. The number of para-hydroxylation sites is 2. The van der Waals surface area contributed by atoms with Gasteiger partial charge in [0.2, 0.25) is 0 Å². The van der Waals surface area contributed by atoms with Crippen molar-refractivity contribution in [1.29, 1.82) is 0 Å². The van der Waals surface area contributed by atoms with Gasteiger partial charge in [0.25, 0.3) is 0 Å². The summed E-state index contributed by atoms with van der Waals surface area (Å²) in [5.74, 6) is 0.915. The fraction of sp³-hybridized carbons (Fsp3) is 0.381. The Morgan fingerprint density at radius 3 is 2.73 bits per heavy atom. The molecule has 3 aromatic rings. The first-order chi connectivity index (χ1) is 12.8. The van der Waals surface area contributed by atoms with Gasteiger partial charge in [0.1, 0.15) is 12.1 Å². The van der Waals surface area contributed by atoms with E-state index in [0.717, 1.165) is 42.0 Å². The molecule has 0 saturated carbocycles. The molecule has 1 saturated heterocycles. The van der Waals surface area contributed by atoms with Gasteiger partial charge in [0.15, 0.2) is 0 Å². The van der Waals surface area contributed by atoms with Crippen molar-refractivity contribution in [1.82, 2.24) is 19.4 Å². The zero-order valence-corrected chi connectivity index (χ0v) is 15.3. The molecule has 1 fully saturated rings. The third-order valence-corrected chi connectivity index (χ3v) is 5.03. The average Bonchev–Trinajstić information content (AvgIpc) is 3.11. The lowest BCUT2D eigenvalue weighted by Crippen LogP contribution is -2.44. The van der Waals surface area contributed by atoms with E-state index in [-0.39, 0.29) is 0 Å². The van der Waals surface area contributed by atoms with Gasteiger partial charge in [-0.2, -0.15) is 0 Å². The van der Waals surface area contributed by atoms with Crippen LogP contribution in [-0.4, -0.2) is 65.7 Å². The maximum atomic E-state index is 6.00. The quantitative estimate of drug-likeness (QED) is 0.640. The van der Waals surface area contributed by atoms with Gasteiger partial charge in [0.05, 0.1) is 23.3 Å². The first-order valence-corrected chi connectivity index (χ1v) is 9.36. The predicted octanol–water partition coefficient (Wildman–Crippen LogP) is 3.04. The van der Waals surface area contributed by atoms with Crippen LogP contribution in [0.15, 0.2) is 54.9 Å². The number of piperazine rings is 1. The number of nitrogens with zero attached hydrogens (tertiary/aromatic N) is 4. The summed E-state index contributed by atoms with van der Waals surface area (Å²) in [6, 6.07) is 16.4. The highest BCUT2D eigenvalue weighted by atomic mass is 16.5. The smallest absolute Gasteiger partial charge is 0.121 e. The SMILES string of the molecule is CN1CCN(CCCOc2cccc(-n3cnc4ccccc43)c2)CC1. The van der Waals surface area contributed by atoms with Crippen molar-refractivity contribution in [2.75, 3.05) is 46.4 Å². The first-order valence-electron chi connectivity index (χ1n) is 9.36. The Kier molecular flexibility index (Phi) is 5.18. The van der Waals surface area contributed by atoms with E-state index in [4.69, 9.17) is 4.74 Å². The summed E-state index contributed by atoms with van der Waals surface area (Å²) >= 11 is 0. The lowest BCUT2D eigenvalue weighted by atomic mass is 10.2. The lowest BCUT2D eigenvalue weighted by Gasteiger charge is -2.32. The zero-order chi connectivity index (χ0) is 17.8. The summed E-state index contributed by atoms with van der Waals surface area (Å²) in [4.78, 5) is 9.38. The Morgan fingerprint density at radius 1 is 1.00 bits per heavy atom. The second-order valence-electron chi connectivity index (χ2n) is 6.95. The van der Waals surface area contributed by atoms with E-state index in [1.807, 2.05) is 36.7 Å². The minimum absolute atomic E-state index is 0.750. The molecule has 1 aromatic heterocycles. The second kappa shape index (κ2) is 7.89. The summed E-state index contributed by atoms with van der Waals surface area (Å²) in [5.41, 5.74) is 3.20. The number of ether oxygens (including phenoxy) is 1. The van der Waals surface area contributed by atoms with E-state index < -0.39 is 0 Å². The van der Waals surface area contributed by atoms with Crippen LogP contribution in [0.1, 0.15) is 6.42 Å². The molecule has 0 amide bonds. The Morgan fingerprint density at radius 2 is 1.85 bits per heavy atom. The molecular weight excluding hydrogens is 324 g/mol. The van der Waals surface area contributed by atoms with Crippen LogP contribution in [0.5, 0.6) is 5.75 Å². The summed E-state index contributed by atoms with van der Waals surface area (Å²) in [7, 11) is 2.19. The molecule has 0 unspecified atom stereocenters. The normalized spacial score (nSPS) is 16.2. The van der Waals surface area contributed by atoms with Crippen LogP contribution >= 0.6 is 0 Å². The summed E-state index contributed by atoms with van der Waals surface area (Å²) in [6.07, 6.45) is 2.93. The molecule has 0 aliphatic carbocycles. The van der Waals surface area contributed by atoms with Gasteiger partial charge in [-0.15, -0.1) is 0 Å². The van der Waals surface area contributed by atoms with Crippen LogP contribution in [0.3, 0.4) is 0 Å². The predicted molar refractivity (Wildman–Crippen MR) is 105 cm³/mol. The van der Waals surface area contributed by atoms with Gasteiger partial charge in [-0.1, -0.05) is 18.2 Å². The van der Waals surface area contributed by atoms with E-state index >= 15 is 0 Å². The minimum atomic E-state index is 0.750. The molecule has 5 nitrogen and oxygen atoms in total. The molecule has 1 aliphatic rings. The van der Waals surface area contributed by atoms with Crippen molar-refractivity contribution in [3.63, 3.8) is 0 Å². The third kappa shape index (κ3) is 3.89. The molecule has 2 heterocycles. The molecule has 26 heavy (non-hydrogen) atoms. The highest BCUT2D eigenvalue weighted by molar-refractivity contribution is 5.77. The van der Waals surface area contributed by atoms with Crippen LogP contribution < -0.4 is 4.74 Å². The fourth-order valence-electron chi connectivity index (χ4n) is 3.44. The van der Waals surface area contributed by atoms with Crippen molar-refractivity contribution in [2.45, 2.75) is 6.42 Å². The van der Waals surface area contributed by atoms with Crippen LogP contribution in [0, 0.1) is 0 Å². The maximum absolute atomic E-state index is 6.00. The molecule has 5 heteroatoms. The summed E-state index contributed by atoms with van der Waals surface area (Å²) in [5, 5.41) is 0.